The minimum absolute atomic E-state index is 0.0234. The lowest BCUT2D eigenvalue weighted by molar-refractivity contribution is -0.163. The number of ether oxygens (including phenoxy) is 4. The van der Waals surface area contributed by atoms with Crippen molar-refractivity contribution in [1.29, 1.82) is 0 Å². The highest BCUT2D eigenvalue weighted by Crippen LogP contribution is 2.06. The number of H-pyrrole nitrogens is 1. The van der Waals surface area contributed by atoms with Crippen LogP contribution in [0.4, 0.5) is 0 Å². The molecule has 160 valence electrons. The molecular formula is C17H22N2O10. The fourth-order valence-corrected chi connectivity index (χ4v) is 1.59. The van der Waals surface area contributed by atoms with Gasteiger partial charge in [-0.15, -0.1) is 0 Å². The number of esters is 4. The summed E-state index contributed by atoms with van der Waals surface area (Å²) >= 11 is 0. The molecule has 0 radical (unpaired) electrons. The van der Waals surface area contributed by atoms with Crippen molar-refractivity contribution in [2.75, 3.05) is 26.4 Å². The fourth-order valence-electron chi connectivity index (χ4n) is 1.59. The fraction of sp³-hybridized carbons (Fsp3) is 0.471. The van der Waals surface area contributed by atoms with E-state index in [1.165, 1.54) is 20.2 Å². The number of ketones is 2. The van der Waals surface area contributed by atoms with Gasteiger partial charge >= 0.3 is 35.4 Å². The molecule has 0 aliphatic heterocycles. The van der Waals surface area contributed by atoms with E-state index in [1.807, 2.05) is 0 Å². The molecule has 0 amide bonds. The van der Waals surface area contributed by atoms with Gasteiger partial charge in [-0.1, -0.05) is 0 Å². The number of hydrogen-bond donors (Lipinski definition) is 1. The molecular weight excluding hydrogens is 392 g/mol. The number of rotatable bonds is 9. The summed E-state index contributed by atoms with van der Waals surface area (Å²) in [7, 11) is 0. The Morgan fingerprint density at radius 2 is 1.14 bits per heavy atom. The lowest BCUT2D eigenvalue weighted by Gasteiger charge is -2.01. The van der Waals surface area contributed by atoms with Crippen LogP contribution in [0.3, 0.4) is 0 Å². The zero-order valence-electron chi connectivity index (χ0n) is 16.4. The molecule has 12 heteroatoms. The van der Waals surface area contributed by atoms with Crippen LogP contribution in [0.1, 0.15) is 48.7 Å². The lowest BCUT2D eigenvalue weighted by Crippen LogP contribution is -2.33. The molecule has 0 atom stereocenters. The molecule has 0 bridgehead atoms. The third kappa shape index (κ3) is 8.32. The Bertz CT molecular complexity index is 693. The quantitative estimate of drug-likeness (QED) is 0.250. The molecule has 1 aromatic rings. The number of hydrogen-bond acceptors (Lipinski definition) is 11. The van der Waals surface area contributed by atoms with E-state index in [-0.39, 0.29) is 37.8 Å². The molecule has 0 saturated heterocycles. The first-order valence-electron chi connectivity index (χ1n) is 8.54. The summed E-state index contributed by atoms with van der Waals surface area (Å²) in [5.41, 5.74) is -0.0226. The molecule has 1 heterocycles. The number of carbonyl (C=O) groups excluding carboxylic acids is 6. The summed E-state index contributed by atoms with van der Waals surface area (Å²) in [4.78, 5) is 71.9. The minimum Gasteiger partial charge on any atom is -0.461 e. The molecule has 12 nitrogen and oxygen atoms in total. The smallest absolute Gasteiger partial charge is 0.383 e. The molecule has 0 fully saturated rings. The molecule has 29 heavy (non-hydrogen) atoms. The molecule has 0 unspecified atom stereocenters. The van der Waals surface area contributed by atoms with Gasteiger partial charge in [0.15, 0.2) is 11.4 Å². The molecule has 0 aromatic carbocycles. The number of nitrogens with zero attached hydrogens (tertiary/aromatic N) is 1. The maximum Gasteiger partial charge on any atom is 0.383 e. The van der Waals surface area contributed by atoms with Gasteiger partial charge < -0.3 is 23.9 Å². The summed E-state index contributed by atoms with van der Waals surface area (Å²) in [6, 6.07) is 0. The molecule has 1 aromatic heterocycles. The monoisotopic (exact) mass is 414 g/mol. The first-order chi connectivity index (χ1) is 13.7. The average Bonchev–Trinajstić information content (AvgIpc) is 3.18. The second-order valence-corrected chi connectivity index (χ2v) is 4.67. The zero-order chi connectivity index (χ0) is 22.4. The van der Waals surface area contributed by atoms with E-state index in [0.717, 1.165) is 0 Å². The van der Waals surface area contributed by atoms with Gasteiger partial charge in [0.1, 0.15) is 0 Å². The normalized spacial score (nSPS) is 9.38. The maximum absolute atomic E-state index is 11.3. The van der Waals surface area contributed by atoms with Crippen LogP contribution in [0.5, 0.6) is 0 Å². The van der Waals surface area contributed by atoms with Crippen molar-refractivity contribution in [2.45, 2.75) is 27.7 Å². The Labute approximate surface area is 165 Å². The van der Waals surface area contributed by atoms with Crippen LogP contribution >= 0.6 is 0 Å². The van der Waals surface area contributed by atoms with E-state index < -0.39 is 35.4 Å². The third-order valence-corrected chi connectivity index (χ3v) is 2.72. The first kappa shape index (κ1) is 25.4. The third-order valence-electron chi connectivity index (χ3n) is 2.72. The van der Waals surface area contributed by atoms with E-state index in [0.29, 0.717) is 0 Å². The van der Waals surface area contributed by atoms with Gasteiger partial charge in [-0.3, -0.25) is 9.59 Å². The highest BCUT2D eigenvalue weighted by Gasteiger charge is 2.31. The molecule has 0 spiro atoms. The highest BCUT2D eigenvalue weighted by molar-refractivity contribution is 6.76. The molecule has 0 saturated carbocycles. The van der Waals surface area contributed by atoms with E-state index in [2.05, 4.69) is 19.4 Å². The number of aromatic amines is 1. The van der Waals surface area contributed by atoms with Crippen LogP contribution in [0, 0.1) is 0 Å². The van der Waals surface area contributed by atoms with Gasteiger partial charge in [-0.2, -0.15) is 0 Å². The average molecular weight is 414 g/mol. The van der Waals surface area contributed by atoms with E-state index >= 15 is 0 Å². The Morgan fingerprint density at radius 3 is 1.55 bits per heavy atom. The largest absolute Gasteiger partial charge is 0.461 e. The second kappa shape index (κ2) is 13.6. The van der Waals surface area contributed by atoms with Crippen molar-refractivity contribution >= 4 is 35.4 Å². The Kier molecular flexibility index (Phi) is 11.9. The topological polar surface area (TPSA) is 168 Å². The predicted octanol–water partition coefficient (Wildman–Crippen LogP) is 0.0139. The zero-order valence-corrected chi connectivity index (χ0v) is 16.4. The number of aromatic nitrogens is 2. The van der Waals surface area contributed by atoms with E-state index in [4.69, 9.17) is 9.47 Å². The van der Waals surface area contributed by atoms with Crippen molar-refractivity contribution in [3.8, 4) is 0 Å². The van der Waals surface area contributed by atoms with Crippen LogP contribution in [-0.4, -0.2) is 71.8 Å². The lowest BCUT2D eigenvalue weighted by atomic mass is 10.2. The van der Waals surface area contributed by atoms with Crippen LogP contribution < -0.4 is 0 Å². The Hall–Kier alpha value is -3.57. The van der Waals surface area contributed by atoms with Crippen LogP contribution in [0.15, 0.2) is 6.33 Å². The van der Waals surface area contributed by atoms with Crippen LogP contribution in [0.25, 0.3) is 0 Å². The highest BCUT2D eigenvalue weighted by atomic mass is 16.6. The second-order valence-electron chi connectivity index (χ2n) is 4.67. The van der Waals surface area contributed by atoms with Gasteiger partial charge in [0.25, 0.3) is 0 Å². The molecule has 1 rings (SSSR count). The number of imidazole rings is 1. The van der Waals surface area contributed by atoms with Crippen molar-refractivity contribution in [3.05, 3.63) is 17.7 Å². The van der Waals surface area contributed by atoms with Crippen molar-refractivity contribution in [2.24, 2.45) is 0 Å². The summed E-state index contributed by atoms with van der Waals surface area (Å²) in [6.45, 7) is 6.68. The van der Waals surface area contributed by atoms with E-state index in [9.17, 15) is 28.8 Å². The molecule has 0 aliphatic rings. The maximum atomic E-state index is 11.3. The van der Waals surface area contributed by atoms with Gasteiger partial charge in [-0.05, 0) is 27.7 Å². The Morgan fingerprint density at radius 1 is 0.724 bits per heavy atom. The van der Waals surface area contributed by atoms with Gasteiger partial charge in [0, 0.05) is 0 Å². The summed E-state index contributed by atoms with van der Waals surface area (Å²) in [5, 5.41) is 0. The SMILES string of the molecule is CCOC(=O)C(=O)C(=O)C(=O)OCC.CCOC(=O)c1nc[nH]c1C(=O)OCC. The van der Waals surface area contributed by atoms with Gasteiger partial charge in [-0.25, -0.2) is 24.2 Å². The molecule has 0 aliphatic carbocycles. The summed E-state index contributed by atoms with van der Waals surface area (Å²) < 4.78 is 17.9. The first-order valence-corrected chi connectivity index (χ1v) is 8.54. The van der Waals surface area contributed by atoms with Crippen molar-refractivity contribution in [3.63, 3.8) is 0 Å². The van der Waals surface area contributed by atoms with Crippen molar-refractivity contribution in [1.82, 2.24) is 9.97 Å². The van der Waals surface area contributed by atoms with Crippen LogP contribution in [-0.2, 0) is 38.1 Å². The Balaban J connectivity index is 0.000000543. The van der Waals surface area contributed by atoms with E-state index in [1.54, 1.807) is 13.8 Å². The molecule has 1 N–H and O–H groups in total. The number of Topliss-reactive ketones (excluding diaryl/α,β-unsaturated/α-hetero) is 2. The number of nitrogens with one attached hydrogen (secondary N) is 1. The van der Waals surface area contributed by atoms with Gasteiger partial charge in [0.05, 0.1) is 32.8 Å². The predicted molar refractivity (Wildman–Crippen MR) is 93.8 cm³/mol. The number of carbonyl (C=O) groups is 6. The minimum atomic E-state index is -1.51. The van der Waals surface area contributed by atoms with Crippen molar-refractivity contribution < 1.29 is 47.7 Å². The van der Waals surface area contributed by atoms with Crippen LogP contribution in [0.2, 0.25) is 0 Å². The summed E-state index contributed by atoms with van der Waals surface area (Å²) in [5.74, 6) is -6.95. The van der Waals surface area contributed by atoms with Gasteiger partial charge in [0.2, 0.25) is 0 Å². The standard InChI is InChI=1S/C9H12N2O4.C8H10O6/c1-3-14-8(12)6-7(11-5-10-6)9(13)15-4-2;1-3-13-7(11)5(9)6(10)8(12)14-4-2/h5H,3-4H2,1-2H3,(H,10,11);3-4H2,1-2H3. The summed E-state index contributed by atoms with van der Waals surface area (Å²) in [6.07, 6.45) is 1.25.